The molecule has 4 rings (SSSR count). The zero-order valence-electron chi connectivity index (χ0n) is 16.6. The quantitative estimate of drug-likeness (QED) is 0.508. The number of benzene rings is 2. The summed E-state index contributed by atoms with van der Waals surface area (Å²) in [6, 6.07) is 11.6. The number of halogens is 3. The van der Waals surface area contributed by atoms with E-state index in [1.165, 1.54) is 31.4 Å². The minimum absolute atomic E-state index is 0.310. The molecule has 1 saturated carbocycles. The van der Waals surface area contributed by atoms with Gasteiger partial charge < -0.3 is 15.6 Å². The van der Waals surface area contributed by atoms with Crippen molar-refractivity contribution in [3.8, 4) is 11.3 Å². The average molecular weight is 414 g/mol. The standard InChI is InChI=1S/C23H25F3N4/c24-23(25,26)17-6-4-5-16(11-17)13-30-14-22(28-15-30)20-12-18(27)9-10-21(20)29-19-7-2-1-3-8-19/h4-6,9-12,14-15,19,29H,1-3,7-8,13,27H2. The Bertz CT molecular complexity index is 1000. The molecule has 0 atom stereocenters. The third-order valence-corrected chi connectivity index (χ3v) is 5.54. The highest BCUT2D eigenvalue weighted by Gasteiger charge is 2.30. The number of anilines is 2. The zero-order valence-corrected chi connectivity index (χ0v) is 16.6. The minimum Gasteiger partial charge on any atom is -0.399 e. The van der Waals surface area contributed by atoms with Crippen LogP contribution in [-0.2, 0) is 12.7 Å². The number of nitrogens with two attached hydrogens (primary N) is 1. The lowest BCUT2D eigenvalue weighted by molar-refractivity contribution is -0.137. The lowest BCUT2D eigenvalue weighted by Gasteiger charge is -2.25. The van der Waals surface area contributed by atoms with Crippen molar-refractivity contribution < 1.29 is 13.2 Å². The molecule has 7 heteroatoms. The number of rotatable bonds is 5. The molecule has 0 spiro atoms. The normalized spacial score (nSPS) is 15.3. The number of alkyl halides is 3. The van der Waals surface area contributed by atoms with Gasteiger partial charge in [-0.2, -0.15) is 13.2 Å². The van der Waals surface area contributed by atoms with Crippen LogP contribution in [0.15, 0.2) is 55.0 Å². The van der Waals surface area contributed by atoms with E-state index in [0.717, 1.165) is 35.9 Å². The molecule has 3 N–H and O–H groups in total. The highest BCUT2D eigenvalue weighted by Crippen LogP contribution is 2.32. The van der Waals surface area contributed by atoms with Crippen molar-refractivity contribution in [1.82, 2.24) is 9.55 Å². The summed E-state index contributed by atoms with van der Waals surface area (Å²) in [5, 5.41) is 3.63. The van der Waals surface area contributed by atoms with Gasteiger partial charge in [-0.05, 0) is 48.7 Å². The maximum atomic E-state index is 13.0. The molecule has 3 aromatic rings. The van der Waals surface area contributed by atoms with Gasteiger partial charge in [-0.15, -0.1) is 0 Å². The predicted molar refractivity (Wildman–Crippen MR) is 113 cm³/mol. The van der Waals surface area contributed by atoms with E-state index in [4.69, 9.17) is 5.73 Å². The summed E-state index contributed by atoms with van der Waals surface area (Å²) < 4.78 is 40.7. The van der Waals surface area contributed by atoms with E-state index in [0.29, 0.717) is 23.8 Å². The van der Waals surface area contributed by atoms with Crippen molar-refractivity contribution in [2.75, 3.05) is 11.1 Å². The summed E-state index contributed by atoms with van der Waals surface area (Å²) in [6.45, 7) is 0.310. The topological polar surface area (TPSA) is 55.9 Å². The SMILES string of the molecule is Nc1ccc(NC2CCCCC2)c(-c2cn(Cc3cccc(C(F)(F)F)c3)cn2)c1. The highest BCUT2D eigenvalue weighted by molar-refractivity contribution is 5.78. The van der Waals surface area contributed by atoms with Crippen LogP contribution in [0.2, 0.25) is 0 Å². The van der Waals surface area contributed by atoms with Gasteiger partial charge in [-0.3, -0.25) is 0 Å². The van der Waals surface area contributed by atoms with E-state index in [9.17, 15) is 13.2 Å². The van der Waals surface area contributed by atoms with Crippen molar-refractivity contribution in [1.29, 1.82) is 0 Å². The number of aromatic nitrogens is 2. The molecule has 158 valence electrons. The van der Waals surface area contributed by atoms with E-state index in [1.54, 1.807) is 17.0 Å². The number of hydrogen-bond donors (Lipinski definition) is 2. The molecule has 1 aliphatic rings. The fourth-order valence-electron chi connectivity index (χ4n) is 4.01. The monoisotopic (exact) mass is 414 g/mol. The molecule has 0 saturated heterocycles. The van der Waals surface area contributed by atoms with E-state index in [-0.39, 0.29) is 0 Å². The Kier molecular flexibility index (Phi) is 5.70. The van der Waals surface area contributed by atoms with Gasteiger partial charge in [0.2, 0.25) is 0 Å². The lowest BCUT2D eigenvalue weighted by atomic mass is 9.95. The Morgan fingerprint density at radius 2 is 1.87 bits per heavy atom. The van der Waals surface area contributed by atoms with Crippen LogP contribution in [0.1, 0.15) is 43.2 Å². The van der Waals surface area contributed by atoms with Gasteiger partial charge in [0.1, 0.15) is 0 Å². The lowest BCUT2D eigenvalue weighted by Crippen LogP contribution is -2.22. The molecular formula is C23H25F3N4. The molecule has 4 nitrogen and oxygen atoms in total. The van der Waals surface area contributed by atoms with Crippen LogP contribution in [0.3, 0.4) is 0 Å². The third-order valence-electron chi connectivity index (χ3n) is 5.54. The molecule has 1 aromatic heterocycles. The van der Waals surface area contributed by atoms with Crippen LogP contribution in [0, 0.1) is 0 Å². The van der Waals surface area contributed by atoms with Crippen LogP contribution >= 0.6 is 0 Å². The van der Waals surface area contributed by atoms with Gasteiger partial charge in [0.15, 0.2) is 0 Å². The number of nitrogens with zero attached hydrogens (tertiary/aromatic N) is 2. The average Bonchev–Trinajstić information content (AvgIpc) is 3.18. The Labute approximate surface area is 173 Å². The van der Waals surface area contributed by atoms with Crippen LogP contribution < -0.4 is 11.1 Å². The molecule has 0 unspecified atom stereocenters. The second kappa shape index (κ2) is 8.42. The molecule has 0 amide bonds. The largest absolute Gasteiger partial charge is 0.416 e. The first kappa shape index (κ1) is 20.3. The molecule has 0 aliphatic heterocycles. The summed E-state index contributed by atoms with van der Waals surface area (Å²) in [7, 11) is 0. The van der Waals surface area contributed by atoms with E-state index in [1.807, 2.05) is 24.4 Å². The van der Waals surface area contributed by atoms with Gasteiger partial charge in [-0.25, -0.2) is 4.98 Å². The number of nitrogen functional groups attached to an aromatic ring is 1. The minimum atomic E-state index is -4.35. The van der Waals surface area contributed by atoms with Crippen molar-refractivity contribution in [2.24, 2.45) is 0 Å². The number of hydrogen-bond acceptors (Lipinski definition) is 3. The van der Waals surface area contributed by atoms with Crippen molar-refractivity contribution in [3.63, 3.8) is 0 Å². The molecule has 2 aromatic carbocycles. The second-order valence-electron chi connectivity index (χ2n) is 7.91. The zero-order chi connectivity index (χ0) is 21.1. The van der Waals surface area contributed by atoms with Crippen molar-refractivity contribution in [2.45, 2.75) is 50.9 Å². The summed E-state index contributed by atoms with van der Waals surface area (Å²) >= 11 is 0. The van der Waals surface area contributed by atoms with Crippen LogP contribution in [-0.4, -0.2) is 15.6 Å². The molecular weight excluding hydrogens is 389 g/mol. The Balaban J connectivity index is 1.56. The van der Waals surface area contributed by atoms with E-state index in [2.05, 4.69) is 10.3 Å². The second-order valence-corrected chi connectivity index (χ2v) is 7.91. The summed E-state index contributed by atoms with van der Waals surface area (Å²) in [4.78, 5) is 4.49. The number of imidazole rings is 1. The fourth-order valence-corrected chi connectivity index (χ4v) is 4.01. The molecule has 1 heterocycles. The smallest absolute Gasteiger partial charge is 0.399 e. The molecule has 0 bridgehead atoms. The van der Waals surface area contributed by atoms with Gasteiger partial charge in [0.25, 0.3) is 0 Å². The Hall–Kier alpha value is -2.96. The first-order valence-corrected chi connectivity index (χ1v) is 10.2. The van der Waals surface area contributed by atoms with Crippen LogP contribution in [0.4, 0.5) is 24.5 Å². The first-order valence-electron chi connectivity index (χ1n) is 10.2. The van der Waals surface area contributed by atoms with Gasteiger partial charge in [0, 0.05) is 35.7 Å². The van der Waals surface area contributed by atoms with E-state index < -0.39 is 11.7 Å². The van der Waals surface area contributed by atoms with Crippen molar-refractivity contribution in [3.05, 3.63) is 66.1 Å². The van der Waals surface area contributed by atoms with Crippen LogP contribution in [0.25, 0.3) is 11.3 Å². The summed E-state index contributed by atoms with van der Waals surface area (Å²) in [6.07, 6.45) is 5.18. The molecule has 30 heavy (non-hydrogen) atoms. The summed E-state index contributed by atoms with van der Waals surface area (Å²) in [5.41, 5.74) is 9.23. The maximum absolute atomic E-state index is 13.0. The molecule has 1 aliphatic carbocycles. The van der Waals surface area contributed by atoms with Gasteiger partial charge >= 0.3 is 6.18 Å². The fraction of sp³-hybridized carbons (Fsp3) is 0.348. The van der Waals surface area contributed by atoms with Crippen molar-refractivity contribution >= 4 is 11.4 Å². The molecule has 0 radical (unpaired) electrons. The Morgan fingerprint density at radius 3 is 2.63 bits per heavy atom. The predicted octanol–water partition coefficient (Wildman–Crippen LogP) is 5.94. The maximum Gasteiger partial charge on any atom is 0.416 e. The molecule has 1 fully saturated rings. The van der Waals surface area contributed by atoms with Gasteiger partial charge in [0.05, 0.1) is 17.6 Å². The van der Waals surface area contributed by atoms with Gasteiger partial charge in [-0.1, -0.05) is 31.4 Å². The summed E-state index contributed by atoms with van der Waals surface area (Å²) in [5.74, 6) is 0. The van der Waals surface area contributed by atoms with Crippen LogP contribution in [0.5, 0.6) is 0 Å². The number of nitrogens with one attached hydrogen (secondary N) is 1. The Morgan fingerprint density at radius 1 is 1.07 bits per heavy atom. The van der Waals surface area contributed by atoms with E-state index >= 15 is 0 Å². The third kappa shape index (κ3) is 4.78. The first-order chi connectivity index (χ1) is 14.4. The highest BCUT2D eigenvalue weighted by atomic mass is 19.4.